The lowest BCUT2D eigenvalue weighted by atomic mass is 10.2. The number of nitrogens with two attached hydrogens (primary N) is 1. The van der Waals surface area contributed by atoms with Crippen LogP contribution in [0.2, 0.25) is 0 Å². The van der Waals surface area contributed by atoms with Crippen molar-refractivity contribution in [2.45, 2.75) is 13.3 Å². The first-order valence-corrected chi connectivity index (χ1v) is 4.41. The lowest BCUT2D eigenvalue weighted by Gasteiger charge is -2.14. The number of rotatable bonds is 1. The number of halogens is 4. The van der Waals surface area contributed by atoms with E-state index in [1.54, 1.807) is 6.07 Å². The number of nitrogen functional groups attached to an aromatic ring is 1. The van der Waals surface area contributed by atoms with E-state index in [-0.39, 0.29) is 11.4 Å². The minimum absolute atomic E-state index is 0.0534. The van der Waals surface area contributed by atoms with Gasteiger partial charge in [-0.1, -0.05) is 6.07 Å². The maximum Gasteiger partial charge on any atom is 0.573 e. The Morgan fingerprint density at radius 2 is 1.93 bits per heavy atom. The molecule has 2 N–H and O–H groups in total. The number of hydrogen-bond donors (Lipinski definition) is 1. The fourth-order valence-electron chi connectivity index (χ4n) is 0.936. The molecule has 1 rings (SSSR count). The third-order valence-electron chi connectivity index (χ3n) is 1.56. The maximum atomic E-state index is 11.9. The van der Waals surface area contributed by atoms with E-state index in [1.165, 1.54) is 13.0 Å². The average Bonchev–Trinajstić information content (AvgIpc) is 2.04. The first-order valence-electron chi connectivity index (χ1n) is 3.61. The molecule has 2 nitrogen and oxygen atoms in total. The third-order valence-corrected chi connectivity index (χ3v) is 2.25. The van der Waals surface area contributed by atoms with Crippen LogP contribution >= 0.6 is 15.9 Å². The first-order chi connectivity index (χ1) is 6.31. The average molecular weight is 270 g/mol. The molecule has 0 aliphatic carbocycles. The maximum absolute atomic E-state index is 11.9. The van der Waals surface area contributed by atoms with Crippen molar-refractivity contribution >= 4 is 21.6 Å². The summed E-state index contributed by atoms with van der Waals surface area (Å²) < 4.78 is 40.0. The second kappa shape index (κ2) is 3.68. The Bertz CT molecular complexity index is 351. The van der Waals surface area contributed by atoms with Crippen LogP contribution in [0.25, 0.3) is 0 Å². The second-order valence-electron chi connectivity index (χ2n) is 2.65. The van der Waals surface area contributed by atoms with Gasteiger partial charge in [0.15, 0.2) is 5.75 Å². The van der Waals surface area contributed by atoms with Gasteiger partial charge < -0.3 is 10.5 Å². The van der Waals surface area contributed by atoms with Gasteiger partial charge in [0.05, 0.1) is 5.69 Å². The van der Waals surface area contributed by atoms with Gasteiger partial charge in [-0.3, -0.25) is 0 Å². The highest BCUT2D eigenvalue weighted by Crippen LogP contribution is 2.36. The zero-order valence-corrected chi connectivity index (χ0v) is 8.74. The fraction of sp³-hybridized carbons (Fsp3) is 0.250. The second-order valence-corrected chi connectivity index (χ2v) is 3.51. The molecule has 0 bridgehead atoms. The van der Waals surface area contributed by atoms with Crippen molar-refractivity contribution in [3.8, 4) is 5.75 Å². The summed E-state index contributed by atoms with van der Waals surface area (Å²) in [4.78, 5) is 0. The molecule has 6 heteroatoms. The number of anilines is 1. The molecule has 0 amide bonds. The lowest BCUT2D eigenvalue weighted by Crippen LogP contribution is -2.18. The van der Waals surface area contributed by atoms with Crippen molar-refractivity contribution in [3.05, 3.63) is 22.2 Å². The minimum atomic E-state index is -4.72. The van der Waals surface area contributed by atoms with E-state index >= 15 is 0 Å². The van der Waals surface area contributed by atoms with Crippen molar-refractivity contribution in [2.24, 2.45) is 0 Å². The number of benzene rings is 1. The number of ether oxygens (including phenoxy) is 1. The standard InChI is InChI=1S/C8H7BrF3NO/c1-4-2-3-5(9)6(13)7(4)14-8(10,11)12/h2-3H,13H2,1H3. The summed E-state index contributed by atoms with van der Waals surface area (Å²) in [7, 11) is 0. The Morgan fingerprint density at radius 1 is 1.36 bits per heavy atom. The van der Waals surface area contributed by atoms with Crippen molar-refractivity contribution in [3.63, 3.8) is 0 Å². The van der Waals surface area contributed by atoms with Gasteiger partial charge in [-0.25, -0.2) is 0 Å². The molecule has 0 atom stereocenters. The summed E-state index contributed by atoms with van der Waals surface area (Å²) in [6, 6.07) is 3.05. The number of hydrogen-bond acceptors (Lipinski definition) is 2. The van der Waals surface area contributed by atoms with Gasteiger partial charge in [0, 0.05) is 4.47 Å². The van der Waals surface area contributed by atoms with Crippen molar-refractivity contribution in [1.82, 2.24) is 0 Å². The summed E-state index contributed by atoms with van der Waals surface area (Å²) in [6.07, 6.45) is -4.72. The van der Waals surface area contributed by atoms with Gasteiger partial charge in [0.25, 0.3) is 0 Å². The summed E-state index contributed by atoms with van der Waals surface area (Å²) in [5.41, 5.74) is 5.70. The molecule has 0 heterocycles. The molecule has 0 aliphatic rings. The summed E-state index contributed by atoms with van der Waals surface area (Å²) >= 11 is 3.02. The fourth-order valence-corrected chi connectivity index (χ4v) is 1.25. The Hall–Kier alpha value is -0.910. The highest BCUT2D eigenvalue weighted by Gasteiger charge is 2.32. The third kappa shape index (κ3) is 2.54. The Kier molecular flexibility index (Phi) is 2.94. The molecule has 0 unspecified atom stereocenters. The monoisotopic (exact) mass is 269 g/mol. The van der Waals surface area contributed by atoms with Crippen LogP contribution in [0, 0.1) is 6.92 Å². The van der Waals surface area contributed by atoms with E-state index in [0.29, 0.717) is 10.0 Å². The Balaban J connectivity index is 3.13. The topological polar surface area (TPSA) is 35.2 Å². The van der Waals surface area contributed by atoms with E-state index in [2.05, 4.69) is 20.7 Å². The van der Waals surface area contributed by atoms with Crippen LogP contribution in [0.15, 0.2) is 16.6 Å². The van der Waals surface area contributed by atoms with Gasteiger partial charge in [-0.2, -0.15) is 0 Å². The van der Waals surface area contributed by atoms with Gasteiger partial charge in [-0.15, -0.1) is 13.2 Å². The molecule has 0 fully saturated rings. The normalized spacial score (nSPS) is 11.5. The summed E-state index contributed by atoms with van der Waals surface area (Å²) in [5.74, 6) is -0.355. The van der Waals surface area contributed by atoms with E-state index in [1.807, 2.05) is 0 Å². The largest absolute Gasteiger partial charge is 0.573 e. The Labute approximate surface area is 87.0 Å². The summed E-state index contributed by atoms with van der Waals surface area (Å²) in [6.45, 7) is 1.49. The molecule has 0 radical (unpaired) electrons. The van der Waals surface area contributed by atoms with E-state index in [0.717, 1.165) is 0 Å². The molecule has 0 aromatic heterocycles. The van der Waals surface area contributed by atoms with Crippen molar-refractivity contribution in [2.75, 3.05) is 5.73 Å². The minimum Gasteiger partial charge on any atom is -0.403 e. The van der Waals surface area contributed by atoms with Gasteiger partial charge in [0.1, 0.15) is 0 Å². The van der Waals surface area contributed by atoms with Gasteiger partial charge in [0.2, 0.25) is 0 Å². The SMILES string of the molecule is Cc1ccc(Br)c(N)c1OC(F)(F)F. The zero-order valence-electron chi connectivity index (χ0n) is 7.15. The molecule has 0 spiro atoms. The zero-order chi connectivity index (χ0) is 10.9. The van der Waals surface area contributed by atoms with Crippen molar-refractivity contribution in [1.29, 1.82) is 0 Å². The molecule has 14 heavy (non-hydrogen) atoms. The van der Waals surface area contributed by atoms with Crippen LogP contribution in [-0.4, -0.2) is 6.36 Å². The molecular formula is C8H7BrF3NO. The molecular weight excluding hydrogens is 263 g/mol. The van der Waals surface area contributed by atoms with Crippen LogP contribution in [0.5, 0.6) is 5.75 Å². The van der Waals surface area contributed by atoms with E-state index < -0.39 is 6.36 Å². The molecule has 78 valence electrons. The number of alkyl halides is 3. The van der Waals surface area contributed by atoms with Crippen LogP contribution in [0.3, 0.4) is 0 Å². The quantitative estimate of drug-likeness (QED) is 0.795. The molecule has 1 aromatic carbocycles. The first kappa shape index (κ1) is 11.2. The highest BCUT2D eigenvalue weighted by molar-refractivity contribution is 9.10. The molecule has 0 aliphatic heterocycles. The molecule has 0 saturated heterocycles. The van der Waals surface area contributed by atoms with E-state index in [4.69, 9.17) is 5.73 Å². The smallest absolute Gasteiger partial charge is 0.403 e. The number of aryl methyl sites for hydroxylation is 1. The summed E-state index contributed by atoms with van der Waals surface area (Å²) in [5, 5.41) is 0. The van der Waals surface area contributed by atoms with Gasteiger partial charge >= 0.3 is 6.36 Å². The highest BCUT2D eigenvalue weighted by atomic mass is 79.9. The predicted octanol–water partition coefficient (Wildman–Crippen LogP) is 3.24. The lowest BCUT2D eigenvalue weighted by molar-refractivity contribution is -0.274. The van der Waals surface area contributed by atoms with Crippen LogP contribution in [0.1, 0.15) is 5.56 Å². The van der Waals surface area contributed by atoms with Crippen molar-refractivity contribution < 1.29 is 17.9 Å². The predicted molar refractivity (Wildman–Crippen MR) is 50.0 cm³/mol. The van der Waals surface area contributed by atoms with Crippen LogP contribution in [-0.2, 0) is 0 Å². The molecule has 0 saturated carbocycles. The molecule has 1 aromatic rings. The van der Waals surface area contributed by atoms with E-state index in [9.17, 15) is 13.2 Å². The van der Waals surface area contributed by atoms with Crippen LogP contribution < -0.4 is 10.5 Å². The Morgan fingerprint density at radius 3 is 2.43 bits per heavy atom. The van der Waals surface area contributed by atoms with Gasteiger partial charge in [-0.05, 0) is 34.5 Å². The van der Waals surface area contributed by atoms with Crippen LogP contribution in [0.4, 0.5) is 18.9 Å².